The van der Waals surface area contributed by atoms with Crippen molar-refractivity contribution in [3.8, 4) is 5.75 Å². The Kier molecular flexibility index (Phi) is 5.35. The van der Waals surface area contributed by atoms with Crippen molar-refractivity contribution in [2.24, 2.45) is 0 Å². The standard InChI is InChI=1S/C17H17ClN4O3/c18-16-7-6-13(8-19-16)10-21-11-15(9-20-17(21)12-22(23)24)25-14-4-2-1-3-5-14/h1-8,12,15,20H,9-11H2/b17-12+. The lowest BCUT2D eigenvalue weighted by atomic mass is 10.2. The fourth-order valence-corrected chi connectivity index (χ4v) is 2.72. The molecule has 25 heavy (non-hydrogen) atoms. The van der Waals surface area contributed by atoms with Crippen LogP contribution in [0, 0.1) is 10.1 Å². The van der Waals surface area contributed by atoms with Crippen molar-refractivity contribution in [1.29, 1.82) is 0 Å². The molecule has 1 N–H and O–H groups in total. The van der Waals surface area contributed by atoms with Gasteiger partial charge in [0.1, 0.15) is 17.0 Å². The third kappa shape index (κ3) is 4.84. The molecular weight excluding hydrogens is 344 g/mol. The van der Waals surface area contributed by atoms with Gasteiger partial charge in [0, 0.05) is 12.7 Å². The van der Waals surface area contributed by atoms with Crippen molar-refractivity contribution < 1.29 is 9.66 Å². The molecule has 1 fully saturated rings. The number of ether oxygens (including phenoxy) is 1. The Balaban J connectivity index is 1.73. The SMILES string of the molecule is O=[N+]([O-])/C=C1\NCC(Oc2ccccc2)CN1Cc1ccc(Cl)nc1. The summed E-state index contributed by atoms with van der Waals surface area (Å²) >= 11 is 5.81. The molecule has 2 heterocycles. The average Bonchev–Trinajstić information content (AvgIpc) is 2.60. The first kappa shape index (κ1) is 17.0. The highest BCUT2D eigenvalue weighted by Gasteiger charge is 2.26. The maximum atomic E-state index is 10.9. The molecular formula is C17H17ClN4O3. The maximum absolute atomic E-state index is 10.9. The number of nitrogens with zero attached hydrogens (tertiary/aromatic N) is 3. The lowest BCUT2D eigenvalue weighted by Crippen LogP contribution is -2.50. The first-order valence-corrected chi connectivity index (χ1v) is 8.14. The summed E-state index contributed by atoms with van der Waals surface area (Å²) in [4.78, 5) is 16.3. The van der Waals surface area contributed by atoms with E-state index < -0.39 is 4.92 Å². The lowest BCUT2D eigenvalue weighted by Gasteiger charge is -2.36. The van der Waals surface area contributed by atoms with Crippen LogP contribution in [0.25, 0.3) is 0 Å². The Morgan fingerprint density at radius 1 is 1.36 bits per heavy atom. The topological polar surface area (TPSA) is 80.5 Å². The molecule has 1 aliphatic rings. The van der Waals surface area contributed by atoms with Gasteiger partial charge in [-0.1, -0.05) is 35.9 Å². The van der Waals surface area contributed by atoms with Crippen LogP contribution in [0.2, 0.25) is 5.15 Å². The van der Waals surface area contributed by atoms with Gasteiger partial charge in [0.05, 0.1) is 18.0 Å². The van der Waals surface area contributed by atoms with E-state index in [-0.39, 0.29) is 6.10 Å². The van der Waals surface area contributed by atoms with Crippen molar-refractivity contribution in [1.82, 2.24) is 15.2 Å². The van der Waals surface area contributed by atoms with Crippen molar-refractivity contribution in [2.75, 3.05) is 13.1 Å². The molecule has 1 atom stereocenters. The fraction of sp³-hybridized carbons (Fsp3) is 0.235. The lowest BCUT2D eigenvalue weighted by molar-refractivity contribution is -0.405. The van der Waals surface area contributed by atoms with Gasteiger partial charge < -0.3 is 15.0 Å². The Bertz CT molecular complexity index is 752. The van der Waals surface area contributed by atoms with Crippen LogP contribution in [0.1, 0.15) is 5.56 Å². The molecule has 0 aliphatic carbocycles. The number of nitro groups is 1. The van der Waals surface area contributed by atoms with E-state index in [0.717, 1.165) is 17.5 Å². The van der Waals surface area contributed by atoms with Crippen LogP contribution >= 0.6 is 11.6 Å². The number of benzene rings is 1. The molecule has 0 radical (unpaired) electrons. The van der Waals surface area contributed by atoms with Gasteiger partial charge in [0.2, 0.25) is 0 Å². The molecule has 1 unspecified atom stereocenters. The molecule has 1 aromatic carbocycles. The van der Waals surface area contributed by atoms with E-state index in [9.17, 15) is 10.1 Å². The van der Waals surface area contributed by atoms with E-state index in [4.69, 9.17) is 16.3 Å². The monoisotopic (exact) mass is 360 g/mol. The van der Waals surface area contributed by atoms with Gasteiger partial charge in [-0.2, -0.15) is 0 Å². The normalized spacial score (nSPS) is 18.7. The second kappa shape index (κ2) is 7.85. The number of hydrogen-bond acceptors (Lipinski definition) is 6. The Hall–Kier alpha value is -2.80. The first-order chi connectivity index (χ1) is 12.1. The van der Waals surface area contributed by atoms with Gasteiger partial charge in [0.25, 0.3) is 6.20 Å². The molecule has 1 saturated heterocycles. The average molecular weight is 361 g/mol. The zero-order chi connectivity index (χ0) is 17.6. The largest absolute Gasteiger partial charge is 0.487 e. The number of halogens is 1. The van der Waals surface area contributed by atoms with Crippen molar-refractivity contribution in [3.05, 3.63) is 81.5 Å². The molecule has 1 aromatic heterocycles. The molecule has 0 amide bonds. The number of aromatic nitrogens is 1. The molecule has 1 aliphatic heterocycles. The van der Waals surface area contributed by atoms with E-state index in [2.05, 4.69) is 10.3 Å². The molecule has 130 valence electrons. The zero-order valence-corrected chi connectivity index (χ0v) is 14.1. The van der Waals surface area contributed by atoms with Crippen LogP contribution in [0.5, 0.6) is 5.75 Å². The first-order valence-electron chi connectivity index (χ1n) is 7.76. The Labute approximate surface area is 150 Å². The Morgan fingerprint density at radius 3 is 2.84 bits per heavy atom. The minimum absolute atomic E-state index is 0.133. The predicted octanol–water partition coefficient (Wildman–Crippen LogP) is 2.66. The summed E-state index contributed by atoms with van der Waals surface area (Å²) in [6, 6.07) is 13.0. The van der Waals surface area contributed by atoms with Crippen molar-refractivity contribution >= 4 is 11.6 Å². The summed E-state index contributed by atoms with van der Waals surface area (Å²) in [5.41, 5.74) is 0.904. The predicted molar refractivity (Wildman–Crippen MR) is 93.6 cm³/mol. The third-order valence-electron chi connectivity index (χ3n) is 3.71. The van der Waals surface area contributed by atoms with Crippen LogP contribution in [-0.4, -0.2) is 34.0 Å². The van der Waals surface area contributed by atoms with Crippen LogP contribution in [0.3, 0.4) is 0 Å². The van der Waals surface area contributed by atoms with Crippen LogP contribution in [0.15, 0.2) is 60.7 Å². The summed E-state index contributed by atoms with van der Waals surface area (Å²) in [6.07, 6.45) is 2.50. The third-order valence-corrected chi connectivity index (χ3v) is 3.93. The van der Waals surface area contributed by atoms with Crippen LogP contribution < -0.4 is 10.1 Å². The summed E-state index contributed by atoms with van der Waals surface area (Å²) in [5.74, 6) is 1.22. The highest BCUT2D eigenvalue weighted by molar-refractivity contribution is 6.29. The van der Waals surface area contributed by atoms with Gasteiger partial charge in [0.15, 0.2) is 5.82 Å². The van der Waals surface area contributed by atoms with Crippen LogP contribution in [0.4, 0.5) is 0 Å². The van der Waals surface area contributed by atoms with Gasteiger partial charge in [-0.05, 0) is 23.8 Å². The number of pyridine rings is 1. The van der Waals surface area contributed by atoms with E-state index >= 15 is 0 Å². The summed E-state index contributed by atoms with van der Waals surface area (Å²) in [5, 5.41) is 14.4. The van der Waals surface area contributed by atoms with E-state index in [0.29, 0.717) is 30.6 Å². The molecule has 8 heteroatoms. The second-order valence-electron chi connectivity index (χ2n) is 5.60. The summed E-state index contributed by atoms with van der Waals surface area (Å²) < 4.78 is 5.96. The van der Waals surface area contributed by atoms with Gasteiger partial charge in [-0.25, -0.2) is 4.98 Å². The van der Waals surface area contributed by atoms with Crippen molar-refractivity contribution in [2.45, 2.75) is 12.6 Å². The molecule has 2 aromatic rings. The van der Waals surface area contributed by atoms with Crippen LogP contribution in [-0.2, 0) is 6.54 Å². The zero-order valence-electron chi connectivity index (χ0n) is 13.3. The number of para-hydroxylation sites is 1. The highest BCUT2D eigenvalue weighted by atomic mass is 35.5. The molecule has 7 nitrogen and oxygen atoms in total. The summed E-state index contributed by atoms with van der Waals surface area (Å²) in [7, 11) is 0. The number of hydrogen-bond donors (Lipinski definition) is 1. The highest BCUT2D eigenvalue weighted by Crippen LogP contribution is 2.18. The maximum Gasteiger partial charge on any atom is 0.274 e. The van der Waals surface area contributed by atoms with Gasteiger partial charge >= 0.3 is 0 Å². The Morgan fingerprint density at radius 2 is 2.16 bits per heavy atom. The smallest absolute Gasteiger partial charge is 0.274 e. The minimum Gasteiger partial charge on any atom is -0.487 e. The summed E-state index contributed by atoms with van der Waals surface area (Å²) in [6.45, 7) is 1.47. The minimum atomic E-state index is -0.464. The van der Waals surface area contributed by atoms with E-state index in [1.807, 2.05) is 41.3 Å². The quantitative estimate of drug-likeness (QED) is 0.501. The fourth-order valence-electron chi connectivity index (χ4n) is 2.61. The molecule has 0 bridgehead atoms. The second-order valence-corrected chi connectivity index (χ2v) is 5.99. The molecule has 0 spiro atoms. The number of nitrogens with one attached hydrogen (secondary N) is 1. The van der Waals surface area contributed by atoms with Gasteiger partial charge in [-0.3, -0.25) is 10.1 Å². The van der Waals surface area contributed by atoms with E-state index in [1.54, 1.807) is 12.3 Å². The molecule has 3 rings (SSSR count). The molecule has 0 saturated carbocycles. The van der Waals surface area contributed by atoms with Gasteiger partial charge in [-0.15, -0.1) is 0 Å². The van der Waals surface area contributed by atoms with Crippen molar-refractivity contribution in [3.63, 3.8) is 0 Å². The number of rotatable bonds is 5. The van der Waals surface area contributed by atoms with E-state index in [1.165, 1.54) is 0 Å².